The smallest absolute Gasteiger partial charge is 0.250 e. The highest BCUT2D eigenvalue weighted by Crippen LogP contribution is 2.30. The third-order valence-corrected chi connectivity index (χ3v) is 6.15. The van der Waals surface area contributed by atoms with Gasteiger partial charge in [0.1, 0.15) is 5.82 Å². The first kappa shape index (κ1) is 19.7. The number of fused-ring (bicyclic) bond motifs is 2. The molecule has 0 radical (unpaired) electrons. The molecule has 2 aromatic carbocycles. The van der Waals surface area contributed by atoms with Gasteiger partial charge in [-0.3, -0.25) is 14.6 Å². The van der Waals surface area contributed by atoms with Crippen LogP contribution >= 0.6 is 11.6 Å². The molecule has 1 aromatic heterocycles. The molecule has 3 heterocycles. The highest BCUT2D eigenvalue weighted by atomic mass is 35.5. The first-order valence-corrected chi connectivity index (χ1v) is 10.3. The Kier molecular flexibility index (Phi) is 4.74. The van der Waals surface area contributed by atoms with Crippen molar-refractivity contribution in [2.75, 3.05) is 0 Å². The van der Waals surface area contributed by atoms with Crippen molar-refractivity contribution in [3.63, 3.8) is 0 Å². The van der Waals surface area contributed by atoms with Crippen molar-refractivity contribution in [2.45, 2.75) is 26.1 Å². The second-order valence-electron chi connectivity index (χ2n) is 7.98. The Morgan fingerprint density at radius 2 is 1.90 bits per heavy atom. The summed E-state index contributed by atoms with van der Waals surface area (Å²) in [6.45, 7) is 1.40. The SMILES string of the molecule is Cn1cc(C2=NCc3cc4c(cc32)CN(Cc2ccc(F)c(Cl)c2)C(=O)C4)ccc1=O. The number of benzene rings is 2. The number of carbonyl (C=O) groups is 1. The van der Waals surface area contributed by atoms with Crippen LogP contribution < -0.4 is 5.56 Å². The van der Waals surface area contributed by atoms with E-state index in [4.69, 9.17) is 16.6 Å². The number of pyridine rings is 1. The zero-order valence-corrected chi connectivity index (χ0v) is 17.6. The lowest BCUT2D eigenvalue weighted by Gasteiger charge is -2.29. The van der Waals surface area contributed by atoms with Crippen molar-refractivity contribution < 1.29 is 9.18 Å². The number of aryl methyl sites for hydroxylation is 1. The van der Waals surface area contributed by atoms with Gasteiger partial charge in [-0.1, -0.05) is 23.7 Å². The summed E-state index contributed by atoms with van der Waals surface area (Å²) in [6, 6.07) is 12.1. The second-order valence-corrected chi connectivity index (χ2v) is 8.39. The summed E-state index contributed by atoms with van der Waals surface area (Å²) in [5.74, 6) is -0.438. The van der Waals surface area contributed by atoms with Gasteiger partial charge in [0.05, 0.1) is 23.7 Å². The van der Waals surface area contributed by atoms with Crippen molar-refractivity contribution in [3.05, 3.63) is 103 Å². The lowest BCUT2D eigenvalue weighted by atomic mass is 9.91. The van der Waals surface area contributed by atoms with Crippen LogP contribution in [0.5, 0.6) is 0 Å². The highest BCUT2D eigenvalue weighted by Gasteiger charge is 2.27. The minimum absolute atomic E-state index is 0.0325. The first-order valence-electron chi connectivity index (χ1n) is 9.97. The fraction of sp³-hybridized carbons (Fsp3) is 0.208. The van der Waals surface area contributed by atoms with E-state index in [9.17, 15) is 14.0 Å². The van der Waals surface area contributed by atoms with Crippen molar-refractivity contribution in [1.29, 1.82) is 0 Å². The van der Waals surface area contributed by atoms with Crippen LogP contribution in [0.25, 0.3) is 0 Å². The van der Waals surface area contributed by atoms with Crippen LogP contribution in [0.4, 0.5) is 4.39 Å². The largest absolute Gasteiger partial charge is 0.334 e. The van der Waals surface area contributed by atoms with Gasteiger partial charge in [-0.2, -0.15) is 0 Å². The van der Waals surface area contributed by atoms with Crippen LogP contribution in [0.15, 0.2) is 58.4 Å². The van der Waals surface area contributed by atoms with Crippen molar-refractivity contribution in [2.24, 2.45) is 12.0 Å². The molecule has 0 bridgehead atoms. The molecule has 0 saturated heterocycles. The number of hydrogen-bond acceptors (Lipinski definition) is 3. The molecule has 31 heavy (non-hydrogen) atoms. The average molecular weight is 436 g/mol. The number of carbonyl (C=O) groups excluding carboxylic acids is 1. The van der Waals surface area contributed by atoms with E-state index < -0.39 is 5.82 Å². The monoisotopic (exact) mass is 435 g/mol. The predicted octanol–water partition coefficient (Wildman–Crippen LogP) is 3.61. The summed E-state index contributed by atoms with van der Waals surface area (Å²) in [5, 5.41) is 0.0540. The maximum absolute atomic E-state index is 13.5. The van der Waals surface area contributed by atoms with Gasteiger partial charge in [-0.15, -0.1) is 0 Å². The molecule has 1 amide bonds. The molecule has 0 spiro atoms. The van der Waals surface area contributed by atoms with Crippen molar-refractivity contribution in [1.82, 2.24) is 9.47 Å². The molecule has 2 aliphatic rings. The van der Waals surface area contributed by atoms with Gasteiger partial charge in [0.25, 0.3) is 0 Å². The molecule has 0 fully saturated rings. The van der Waals surface area contributed by atoms with Gasteiger partial charge < -0.3 is 9.47 Å². The number of aromatic nitrogens is 1. The molecule has 5 rings (SSSR count). The molecule has 0 aliphatic carbocycles. The van der Waals surface area contributed by atoms with Gasteiger partial charge in [0, 0.05) is 43.5 Å². The van der Waals surface area contributed by atoms with E-state index in [2.05, 4.69) is 12.1 Å². The molecular formula is C24H19ClFN3O2. The molecular weight excluding hydrogens is 417 g/mol. The van der Waals surface area contributed by atoms with E-state index in [1.165, 1.54) is 6.07 Å². The van der Waals surface area contributed by atoms with Crippen LogP contribution in [0, 0.1) is 5.82 Å². The minimum atomic E-state index is -0.471. The van der Waals surface area contributed by atoms with E-state index in [-0.39, 0.29) is 16.5 Å². The Bertz CT molecular complexity index is 1330. The normalized spacial score (nSPS) is 15.0. The number of halogens is 2. The van der Waals surface area contributed by atoms with E-state index in [1.807, 2.05) is 0 Å². The topological polar surface area (TPSA) is 54.7 Å². The van der Waals surface area contributed by atoms with Crippen LogP contribution in [0.1, 0.15) is 33.4 Å². The Morgan fingerprint density at radius 1 is 1.06 bits per heavy atom. The molecule has 7 heteroatoms. The Morgan fingerprint density at radius 3 is 2.68 bits per heavy atom. The molecule has 3 aromatic rings. The summed E-state index contributed by atoms with van der Waals surface area (Å²) in [5.41, 5.74) is 6.71. The molecule has 0 saturated carbocycles. The van der Waals surface area contributed by atoms with Gasteiger partial charge in [0.2, 0.25) is 11.5 Å². The van der Waals surface area contributed by atoms with E-state index >= 15 is 0 Å². The quantitative estimate of drug-likeness (QED) is 0.631. The Labute approximate surface area is 183 Å². The minimum Gasteiger partial charge on any atom is -0.334 e. The number of nitrogens with zero attached hydrogens (tertiary/aromatic N) is 3. The summed E-state index contributed by atoms with van der Waals surface area (Å²) in [4.78, 5) is 30.9. The maximum atomic E-state index is 13.5. The fourth-order valence-corrected chi connectivity index (χ4v) is 4.41. The van der Waals surface area contributed by atoms with Gasteiger partial charge in [-0.05, 0) is 46.5 Å². The molecule has 0 atom stereocenters. The van der Waals surface area contributed by atoms with Gasteiger partial charge >= 0.3 is 0 Å². The fourth-order valence-electron chi connectivity index (χ4n) is 4.20. The van der Waals surface area contributed by atoms with Crippen molar-refractivity contribution >= 4 is 23.2 Å². The predicted molar refractivity (Wildman–Crippen MR) is 117 cm³/mol. The standard InChI is InChI=1S/C24H19ClFN3O2/c1-28-12-15(3-5-22(28)30)24-19-8-18-13-29(11-14-2-4-21(26)20(25)6-14)23(31)9-16(18)7-17(19)10-27-24/h2-8,12H,9-11,13H2,1H3. The summed E-state index contributed by atoms with van der Waals surface area (Å²) in [6.07, 6.45) is 2.12. The molecule has 2 aliphatic heterocycles. The third-order valence-electron chi connectivity index (χ3n) is 5.86. The van der Waals surface area contributed by atoms with E-state index in [0.29, 0.717) is 26.1 Å². The van der Waals surface area contributed by atoms with Crippen LogP contribution in [-0.4, -0.2) is 21.1 Å². The van der Waals surface area contributed by atoms with Crippen LogP contribution in [0.2, 0.25) is 5.02 Å². The Balaban J connectivity index is 1.45. The van der Waals surface area contributed by atoms with E-state index in [0.717, 1.165) is 39.1 Å². The lowest BCUT2D eigenvalue weighted by molar-refractivity contribution is -0.132. The third kappa shape index (κ3) is 3.57. The highest BCUT2D eigenvalue weighted by molar-refractivity contribution is 6.30. The molecule has 156 valence electrons. The molecule has 0 unspecified atom stereocenters. The number of amides is 1. The first-order chi connectivity index (χ1) is 14.9. The van der Waals surface area contributed by atoms with Crippen molar-refractivity contribution in [3.8, 4) is 0 Å². The number of rotatable bonds is 3. The Hall–Kier alpha value is -3.25. The van der Waals surface area contributed by atoms with Crippen LogP contribution in [-0.2, 0) is 37.9 Å². The van der Waals surface area contributed by atoms with E-state index in [1.54, 1.807) is 47.0 Å². The zero-order valence-electron chi connectivity index (χ0n) is 16.9. The number of hydrogen-bond donors (Lipinski definition) is 0. The van der Waals surface area contributed by atoms with Gasteiger partial charge in [-0.25, -0.2) is 4.39 Å². The number of aliphatic imine (C=N–C) groups is 1. The summed E-state index contributed by atoms with van der Waals surface area (Å²) < 4.78 is 15.0. The molecule has 0 N–H and O–H groups in total. The average Bonchev–Trinajstić information content (AvgIpc) is 3.14. The molecule has 5 nitrogen and oxygen atoms in total. The maximum Gasteiger partial charge on any atom is 0.250 e. The zero-order chi connectivity index (χ0) is 21.7. The second kappa shape index (κ2) is 7.46. The van der Waals surface area contributed by atoms with Crippen LogP contribution in [0.3, 0.4) is 0 Å². The summed E-state index contributed by atoms with van der Waals surface area (Å²) >= 11 is 5.90. The summed E-state index contributed by atoms with van der Waals surface area (Å²) in [7, 11) is 1.72. The lowest BCUT2D eigenvalue weighted by Crippen LogP contribution is -2.35. The van der Waals surface area contributed by atoms with Gasteiger partial charge in [0.15, 0.2) is 0 Å².